The summed E-state index contributed by atoms with van der Waals surface area (Å²) in [4.78, 5) is 29.1. The Morgan fingerprint density at radius 2 is 1.96 bits per heavy atom. The summed E-state index contributed by atoms with van der Waals surface area (Å²) >= 11 is 0. The van der Waals surface area contributed by atoms with Crippen molar-refractivity contribution >= 4 is 23.0 Å². The first-order chi connectivity index (χ1) is 12.2. The SMILES string of the molecule is COC(=O)c1cc(CC2CC2)cc2c1nc(C)n2CC(=O)OC(C)(C)C. The molecule has 1 saturated carbocycles. The van der Waals surface area contributed by atoms with E-state index in [1.165, 1.54) is 20.0 Å². The number of imidazole rings is 1. The molecule has 0 N–H and O–H groups in total. The van der Waals surface area contributed by atoms with Crippen LogP contribution in [0, 0.1) is 12.8 Å². The maximum absolute atomic E-state index is 12.3. The van der Waals surface area contributed by atoms with E-state index in [4.69, 9.17) is 9.47 Å². The number of ether oxygens (including phenoxy) is 2. The predicted octanol–water partition coefficient (Wildman–Crippen LogP) is 3.43. The molecular weight excluding hydrogens is 332 g/mol. The first kappa shape index (κ1) is 18.4. The third-order valence-electron chi connectivity index (χ3n) is 4.44. The predicted molar refractivity (Wildman–Crippen MR) is 98.1 cm³/mol. The van der Waals surface area contributed by atoms with E-state index in [0.717, 1.165) is 17.5 Å². The number of methoxy groups -OCH3 is 1. The zero-order valence-electron chi connectivity index (χ0n) is 16.1. The minimum Gasteiger partial charge on any atom is -0.465 e. The maximum Gasteiger partial charge on any atom is 0.340 e. The van der Waals surface area contributed by atoms with E-state index in [-0.39, 0.29) is 12.5 Å². The van der Waals surface area contributed by atoms with Crippen LogP contribution in [0.15, 0.2) is 12.1 Å². The molecule has 6 nitrogen and oxygen atoms in total. The molecule has 0 amide bonds. The minimum atomic E-state index is -0.546. The molecule has 0 spiro atoms. The van der Waals surface area contributed by atoms with Gasteiger partial charge in [-0.15, -0.1) is 0 Å². The number of nitrogens with zero attached hydrogens (tertiary/aromatic N) is 2. The molecule has 0 saturated heterocycles. The molecule has 1 aliphatic carbocycles. The molecule has 1 heterocycles. The normalized spacial score (nSPS) is 14.5. The van der Waals surface area contributed by atoms with E-state index in [0.29, 0.717) is 22.8 Å². The molecule has 1 fully saturated rings. The van der Waals surface area contributed by atoms with Crippen LogP contribution in [0.4, 0.5) is 0 Å². The highest BCUT2D eigenvalue weighted by Crippen LogP contribution is 2.34. The largest absolute Gasteiger partial charge is 0.465 e. The molecule has 0 atom stereocenters. The summed E-state index contributed by atoms with van der Waals surface area (Å²) in [6, 6.07) is 3.90. The van der Waals surface area contributed by atoms with Crippen LogP contribution >= 0.6 is 0 Å². The molecule has 0 bridgehead atoms. The average Bonchev–Trinajstić information content (AvgIpc) is 3.29. The number of hydrogen-bond acceptors (Lipinski definition) is 5. The molecule has 0 radical (unpaired) electrons. The van der Waals surface area contributed by atoms with Gasteiger partial charge < -0.3 is 14.0 Å². The van der Waals surface area contributed by atoms with Gasteiger partial charge in [-0.25, -0.2) is 9.78 Å². The Bertz CT molecular complexity index is 857. The number of benzene rings is 1. The van der Waals surface area contributed by atoms with Gasteiger partial charge in [-0.2, -0.15) is 0 Å². The van der Waals surface area contributed by atoms with Crippen LogP contribution < -0.4 is 0 Å². The molecule has 1 aromatic carbocycles. The number of hydrogen-bond donors (Lipinski definition) is 0. The Hall–Kier alpha value is -2.37. The number of rotatable bonds is 5. The topological polar surface area (TPSA) is 70.4 Å². The molecule has 1 aliphatic rings. The second kappa shape index (κ2) is 6.74. The van der Waals surface area contributed by atoms with Crippen molar-refractivity contribution in [3.63, 3.8) is 0 Å². The average molecular weight is 358 g/mol. The van der Waals surface area contributed by atoms with Crippen LogP contribution in [0.2, 0.25) is 0 Å². The molecular formula is C20H26N2O4. The number of aromatic nitrogens is 2. The quantitative estimate of drug-likeness (QED) is 0.766. The van der Waals surface area contributed by atoms with Gasteiger partial charge in [-0.1, -0.05) is 0 Å². The summed E-state index contributed by atoms with van der Waals surface area (Å²) in [5.74, 6) is 0.613. The molecule has 140 valence electrons. The number of esters is 2. The van der Waals surface area contributed by atoms with E-state index in [9.17, 15) is 9.59 Å². The second-order valence-electron chi connectivity index (χ2n) is 7.98. The maximum atomic E-state index is 12.3. The van der Waals surface area contributed by atoms with Crippen LogP contribution in [0.3, 0.4) is 0 Å². The first-order valence-corrected chi connectivity index (χ1v) is 8.98. The van der Waals surface area contributed by atoms with Gasteiger partial charge in [0, 0.05) is 0 Å². The zero-order chi connectivity index (χ0) is 19.1. The zero-order valence-corrected chi connectivity index (χ0v) is 16.1. The Morgan fingerprint density at radius 1 is 1.27 bits per heavy atom. The summed E-state index contributed by atoms with van der Waals surface area (Å²) in [5.41, 5.74) is 2.32. The van der Waals surface area contributed by atoms with Gasteiger partial charge in [0.2, 0.25) is 0 Å². The van der Waals surface area contributed by atoms with Gasteiger partial charge in [0.25, 0.3) is 0 Å². The fraction of sp³-hybridized carbons (Fsp3) is 0.550. The number of carbonyl (C=O) groups is 2. The monoisotopic (exact) mass is 358 g/mol. The molecule has 0 unspecified atom stereocenters. The Labute approximate surface area is 153 Å². The summed E-state index contributed by atoms with van der Waals surface area (Å²) in [7, 11) is 1.37. The highest BCUT2D eigenvalue weighted by Gasteiger charge is 2.25. The van der Waals surface area contributed by atoms with Crippen molar-refractivity contribution in [1.82, 2.24) is 9.55 Å². The van der Waals surface area contributed by atoms with Gasteiger partial charge in [-0.05, 0) is 70.6 Å². The van der Waals surface area contributed by atoms with Crippen molar-refractivity contribution < 1.29 is 19.1 Å². The lowest BCUT2D eigenvalue weighted by molar-refractivity contribution is -0.155. The van der Waals surface area contributed by atoms with E-state index in [1.807, 2.05) is 44.4 Å². The van der Waals surface area contributed by atoms with Gasteiger partial charge in [0.05, 0.1) is 18.2 Å². The summed E-state index contributed by atoms with van der Waals surface area (Å²) in [6.45, 7) is 7.41. The van der Waals surface area contributed by atoms with E-state index >= 15 is 0 Å². The van der Waals surface area contributed by atoms with Crippen molar-refractivity contribution in [2.24, 2.45) is 5.92 Å². The number of carbonyl (C=O) groups excluding carboxylic acids is 2. The molecule has 3 rings (SSSR count). The highest BCUT2D eigenvalue weighted by atomic mass is 16.6. The van der Waals surface area contributed by atoms with Gasteiger partial charge in [-0.3, -0.25) is 4.79 Å². The molecule has 1 aromatic heterocycles. The minimum absolute atomic E-state index is 0.0626. The van der Waals surface area contributed by atoms with Crippen molar-refractivity contribution in [3.05, 3.63) is 29.1 Å². The van der Waals surface area contributed by atoms with Crippen LogP contribution in [-0.4, -0.2) is 34.2 Å². The van der Waals surface area contributed by atoms with E-state index in [1.54, 1.807) is 0 Å². The molecule has 6 heteroatoms. The third-order valence-corrected chi connectivity index (χ3v) is 4.44. The second-order valence-corrected chi connectivity index (χ2v) is 7.98. The van der Waals surface area contributed by atoms with E-state index in [2.05, 4.69) is 4.98 Å². The summed E-state index contributed by atoms with van der Waals surface area (Å²) < 4.78 is 12.2. The Balaban J connectivity index is 2.03. The van der Waals surface area contributed by atoms with Crippen LogP contribution in [0.25, 0.3) is 11.0 Å². The van der Waals surface area contributed by atoms with Crippen molar-refractivity contribution in [2.75, 3.05) is 7.11 Å². The lowest BCUT2D eigenvalue weighted by Gasteiger charge is -2.20. The smallest absolute Gasteiger partial charge is 0.340 e. The first-order valence-electron chi connectivity index (χ1n) is 8.98. The van der Waals surface area contributed by atoms with Crippen molar-refractivity contribution in [1.29, 1.82) is 0 Å². The lowest BCUT2D eigenvalue weighted by Crippen LogP contribution is -2.26. The van der Waals surface area contributed by atoms with Crippen molar-refractivity contribution in [3.8, 4) is 0 Å². The van der Waals surface area contributed by atoms with Gasteiger partial charge in [0.15, 0.2) is 0 Å². The Kier molecular flexibility index (Phi) is 4.78. The van der Waals surface area contributed by atoms with Crippen LogP contribution in [0.5, 0.6) is 0 Å². The standard InChI is InChI=1S/C20H26N2O4/c1-12-21-18-15(19(24)25-5)9-14(8-13-6-7-13)10-16(18)22(12)11-17(23)26-20(2,3)4/h9-10,13H,6-8,11H2,1-5H3. The molecule has 2 aromatic rings. The number of fused-ring (bicyclic) bond motifs is 1. The highest BCUT2D eigenvalue weighted by molar-refractivity contribution is 6.02. The number of aryl methyl sites for hydroxylation is 1. The summed E-state index contributed by atoms with van der Waals surface area (Å²) in [5, 5.41) is 0. The van der Waals surface area contributed by atoms with Crippen LogP contribution in [-0.2, 0) is 27.2 Å². The fourth-order valence-corrected chi connectivity index (χ4v) is 3.14. The summed E-state index contributed by atoms with van der Waals surface area (Å²) in [6.07, 6.45) is 3.38. The van der Waals surface area contributed by atoms with Crippen molar-refractivity contribution in [2.45, 2.75) is 59.1 Å². The van der Waals surface area contributed by atoms with Gasteiger partial charge in [0.1, 0.15) is 23.5 Å². The lowest BCUT2D eigenvalue weighted by atomic mass is 10.0. The van der Waals surface area contributed by atoms with E-state index < -0.39 is 11.6 Å². The molecule has 26 heavy (non-hydrogen) atoms. The fourth-order valence-electron chi connectivity index (χ4n) is 3.14. The third kappa shape index (κ3) is 4.06. The molecule has 0 aliphatic heterocycles. The van der Waals surface area contributed by atoms with Crippen LogP contribution in [0.1, 0.15) is 55.4 Å². The van der Waals surface area contributed by atoms with Gasteiger partial charge >= 0.3 is 11.9 Å². The Morgan fingerprint density at radius 3 is 2.54 bits per heavy atom.